The zero-order valence-corrected chi connectivity index (χ0v) is 12.7. The van der Waals surface area contributed by atoms with Crippen molar-refractivity contribution in [2.45, 2.75) is 50.0 Å². The molecule has 4 atom stereocenters. The van der Waals surface area contributed by atoms with Crippen molar-refractivity contribution in [3.63, 3.8) is 0 Å². The number of aliphatic carboxylic acids is 1. The Morgan fingerprint density at radius 3 is 2.48 bits per heavy atom. The van der Waals surface area contributed by atoms with Gasteiger partial charge in [0, 0.05) is 23.2 Å². The smallest absolute Gasteiger partial charge is 0.326 e. The van der Waals surface area contributed by atoms with Crippen LogP contribution in [0.3, 0.4) is 0 Å². The Morgan fingerprint density at radius 2 is 1.87 bits per heavy atom. The van der Waals surface area contributed by atoms with Gasteiger partial charge in [0.1, 0.15) is 6.04 Å². The van der Waals surface area contributed by atoms with Gasteiger partial charge in [0.15, 0.2) is 6.23 Å². The van der Waals surface area contributed by atoms with Gasteiger partial charge in [-0.3, -0.25) is 9.69 Å². The Kier molecular flexibility index (Phi) is 3.39. The monoisotopic (exact) mass is 316 g/mol. The Morgan fingerprint density at radius 1 is 1.22 bits per heavy atom. The van der Waals surface area contributed by atoms with Crippen molar-refractivity contribution in [2.75, 3.05) is 0 Å². The molecule has 0 saturated carbocycles. The number of nitrogens with one attached hydrogen (secondary N) is 1. The third kappa shape index (κ3) is 2.24. The first-order chi connectivity index (χ1) is 11.1. The molecular formula is C17H20N2O4. The van der Waals surface area contributed by atoms with Crippen LogP contribution in [0.2, 0.25) is 0 Å². The highest BCUT2D eigenvalue weighted by Gasteiger charge is 2.48. The number of benzene rings is 1. The minimum atomic E-state index is -1.17. The van der Waals surface area contributed by atoms with E-state index < -0.39 is 18.2 Å². The van der Waals surface area contributed by atoms with E-state index in [0.717, 1.165) is 25.7 Å². The van der Waals surface area contributed by atoms with E-state index in [1.807, 2.05) is 0 Å². The van der Waals surface area contributed by atoms with Crippen molar-refractivity contribution in [3.05, 3.63) is 35.4 Å². The highest BCUT2D eigenvalue weighted by Crippen LogP contribution is 2.40. The summed E-state index contributed by atoms with van der Waals surface area (Å²) in [6.07, 6.45) is 2.42. The largest absolute Gasteiger partial charge is 0.480 e. The van der Waals surface area contributed by atoms with Crippen molar-refractivity contribution in [1.82, 2.24) is 10.2 Å². The third-order valence-corrected chi connectivity index (χ3v) is 5.48. The quantitative estimate of drug-likeness (QED) is 0.777. The van der Waals surface area contributed by atoms with Crippen LogP contribution in [0, 0.1) is 5.92 Å². The zero-order chi connectivity index (χ0) is 16.1. The van der Waals surface area contributed by atoms with Gasteiger partial charge in [0.05, 0.1) is 0 Å². The lowest BCUT2D eigenvalue weighted by Gasteiger charge is -2.38. The minimum absolute atomic E-state index is 0.126. The Hall–Kier alpha value is -1.92. The fourth-order valence-corrected chi connectivity index (χ4v) is 4.50. The predicted octanol–water partition coefficient (Wildman–Crippen LogP) is 1.12. The maximum atomic E-state index is 12.7. The summed E-state index contributed by atoms with van der Waals surface area (Å²) in [6.45, 7) is 0. The molecule has 1 amide bonds. The topological polar surface area (TPSA) is 89.9 Å². The summed E-state index contributed by atoms with van der Waals surface area (Å²) in [5.74, 6) is -1.54. The number of nitrogens with zero attached hydrogens (tertiary/aromatic N) is 1. The summed E-state index contributed by atoms with van der Waals surface area (Å²) >= 11 is 0. The van der Waals surface area contributed by atoms with Crippen LogP contribution in [-0.2, 0) is 4.79 Å². The number of fused-ring (bicyclic) bond motifs is 3. The number of piperidine rings is 1. The number of aliphatic hydroxyl groups excluding tert-OH is 1. The summed E-state index contributed by atoms with van der Waals surface area (Å²) in [5, 5.41) is 23.8. The summed E-state index contributed by atoms with van der Waals surface area (Å²) in [5.41, 5.74) is 0.906. The van der Waals surface area contributed by atoms with E-state index in [0.29, 0.717) is 23.2 Å². The normalized spacial score (nSPS) is 33.6. The van der Waals surface area contributed by atoms with Crippen molar-refractivity contribution >= 4 is 11.9 Å². The highest BCUT2D eigenvalue weighted by atomic mass is 16.4. The maximum Gasteiger partial charge on any atom is 0.326 e. The first-order valence-corrected chi connectivity index (χ1v) is 8.14. The van der Waals surface area contributed by atoms with Crippen LogP contribution >= 0.6 is 0 Å². The molecular weight excluding hydrogens is 296 g/mol. The molecule has 6 heteroatoms. The van der Waals surface area contributed by atoms with E-state index in [2.05, 4.69) is 5.32 Å². The van der Waals surface area contributed by atoms with E-state index in [9.17, 15) is 19.8 Å². The van der Waals surface area contributed by atoms with Gasteiger partial charge in [-0.25, -0.2) is 4.79 Å². The molecule has 1 aromatic carbocycles. The van der Waals surface area contributed by atoms with Gasteiger partial charge in [0.2, 0.25) is 0 Å². The molecule has 1 aromatic rings. The molecule has 122 valence electrons. The standard InChI is InChI=1S/C17H20N2O4/c20-15-12-3-1-2-4-13(12)16(21)19(15)14(17(22)23)9-7-10-5-6-11(8-9)18-10/h1-4,9-11,14-15,18,20H,5-8H2,(H,22,23)/t9?,10?,11?,14-,15?/m0/s1. The third-order valence-electron chi connectivity index (χ3n) is 5.48. The minimum Gasteiger partial charge on any atom is -0.480 e. The molecule has 0 radical (unpaired) electrons. The second kappa shape index (κ2) is 5.32. The molecule has 2 fully saturated rings. The number of amides is 1. The summed E-state index contributed by atoms with van der Waals surface area (Å²) in [4.78, 5) is 25.8. The summed E-state index contributed by atoms with van der Waals surface area (Å²) < 4.78 is 0. The van der Waals surface area contributed by atoms with Crippen molar-refractivity contribution in [1.29, 1.82) is 0 Å². The van der Waals surface area contributed by atoms with Crippen LogP contribution in [-0.4, -0.2) is 45.1 Å². The second-order valence-electron chi connectivity index (χ2n) is 6.83. The van der Waals surface area contributed by atoms with Gasteiger partial charge in [-0.1, -0.05) is 18.2 Å². The van der Waals surface area contributed by atoms with Gasteiger partial charge < -0.3 is 15.5 Å². The van der Waals surface area contributed by atoms with E-state index in [1.165, 1.54) is 4.90 Å². The number of carbonyl (C=O) groups excluding carboxylic acids is 1. The molecule has 3 aliphatic heterocycles. The molecule has 0 spiro atoms. The lowest BCUT2D eigenvalue weighted by molar-refractivity contribution is -0.149. The van der Waals surface area contributed by atoms with Crippen molar-refractivity contribution in [3.8, 4) is 0 Å². The second-order valence-corrected chi connectivity index (χ2v) is 6.83. The van der Waals surface area contributed by atoms with Crippen LogP contribution in [0.4, 0.5) is 0 Å². The van der Waals surface area contributed by atoms with Gasteiger partial charge in [-0.05, 0) is 37.7 Å². The molecule has 3 aliphatic rings. The lowest BCUT2D eigenvalue weighted by Crippen LogP contribution is -2.52. The Labute approximate surface area is 134 Å². The number of carboxylic acid groups (broad SMARTS) is 1. The number of hydrogen-bond donors (Lipinski definition) is 3. The molecule has 0 aromatic heterocycles. The van der Waals surface area contributed by atoms with Crippen LogP contribution in [0.25, 0.3) is 0 Å². The van der Waals surface area contributed by atoms with E-state index >= 15 is 0 Å². The summed E-state index contributed by atoms with van der Waals surface area (Å²) in [6, 6.07) is 6.49. The predicted molar refractivity (Wildman–Crippen MR) is 81.7 cm³/mol. The maximum absolute atomic E-state index is 12.7. The molecule has 2 bridgehead atoms. The van der Waals surface area contributed by atoms with Gasteiger partial charge in [-0.15, -0.1) is 0 Å². The first-order valence-electron chi connectivity index (χ1n) is 8.14. The molecule has 6 nitrogen and oxygen atoms in total. The highest BCUT2D eigenvalue weighted by molar-refractivity contribution is 6.01. The van der Waals surface area contributed by atoms with Crippen molar-refractivity contribution in [2.24, 2.45) is 5.92 Å². The lowest BCUT2D eigenvalue weighted by atomic mass is 9.85. The first kappa shape index (κ1) is 14.7. The van der Waals surface area contributed by atoms with Crippen LogP contribution in [0.1, 0.15) is 47.8 Å². The fourth-order valence-electron chi connectivity index (χ4n) is 4.50. The molecule has 2 saturated heterocycles. The Balaban J connectivity index is 1.66. The van der Waals surface area contributed by atoms with Gasteiger partial charge >= 0.3 is 5.97 Å². The molecule has 4 rings (SSSR count). The van der Waals surface area contributed by atoms with E-state index in [-0.39, 0.29) is 11.8 Å². The zero-order valence-electron chi connectivity index (χ0n) is 12.7. The van der Waals surface area contributed by atoms with E-state index in [4.69, 9.17) is 0 Å². The van der Waals surface area contributed by atoms with Crippen LogP contribution in [0.5, 0.6) is 0 Å². The van der Waals surface area contributed by atoms with Crippen molar-refractivity contribution < 1.29 is 19.8 Å². The number of carboxylic acids is 1. The molecule has 23 heavy (non-hydrogen) atoms. The SMILES string of the molecule is O=C(O)[C@H](C1CC2CCC(C1)N2)N1C(=O)c2ccccc2C1O. The molecule has 3 unspecified atom stereocenters. The van der Waals surface area contributed by atoms with Gasteiger partial charge in [-0.2, -0.15) is 0 Å². The van der Waals surface area contributed by atoms with Crippen LogP contribution < -0.4 is 5.32 Å². The van der Waals surface area contributed by atoms with Gasteiger partial charge in [0.25, 0.3) is 5.91 Å². The molecule has 3 heterocycles. The number of carbonyl (C=O) groups is 2. The Bertz CT molecular complexity index is 650. The number of aliphatic hydroxyl groups is 1. The molecule has 0 aliphatic carbocycles. The number of rotatable bonds is 3. The van der Waals surface area contributed by atoms with E-state index in [1.54, 1.807) is 24.3 Å². The number of hydrogen-bond acceptors (Lipinski definition) is 4. The average molecular weight is 316 g/mol. The summed E-state index contributed by atoms with van der Waals surface area (Å²) in [7, 11) is 0. The average Bonchev–Trinajstić information content (AvgIpc) is 3.00. The molecule has 3 N–H and O–H groups in total. The van der Waals surface area contributed by atoms with Crippen LogP contribution in [0.15, 0.2) is 24.3 Å². The fraction of sp³-hybridized carbons (Fsp3) is 0.529.